The van der Waals surface area contributed by atoms with Gasteiger partial charge in [-0.25, -0.2) is 0 Å². The molecular weight excluding hydrogens is 314 g/mol. The van der Waals surface area contributed by atoms with Crippen molar-refractivity contribution in [2.75, 3.05) is 13.2 Å². The Morgan fingerprint density at radius 1 is 1.08 bits per heavy atom. The lowest BCUT2D eigenvalue weighted by molar-refractivity contribution is -0.123. The van der Waals surface area contributed by atoms with Gasteiger partial charge in [0.2, 0.25) is 5.91 Å². The lowest BCUT2D eigenvalue weighted by Gasteiger charge is -2.10. The Kier molecular flexibility index (Phi) is 4.70. The number of amides is 1. The van der Waals surface area contributed by atoms with Crippen LogP contribution in [0.2, 0.25) is 0 Å². The number of carbonyl (C=O) groups is 1. The van der Waals surface area contributed by atoms with Crippen molar-refractivity contribution in [3.05, 3.63) is 53.6 Å². The molecule has 0 radical (unpaired) electrons. The standard InChI is InChI=1S/C21H23NO3/c23-21(13-19-2-1-10-24-19)22-14-15-3-5-16(6-4-15)17-7-8-20-18(12-17)9-11-25-20/h3-8,12,19H,1-2,9-11,13-14H2,(H,22,23). The van der Waals surface area contributed by atoms with Gasteiger partial charge in [0.05, 0.1) is 19.1 Å². The number of benzene rings is 2. The molecule has 1 unspecified atom stereocenters. The maximum absolute atomic E-state index is 12.0. The monoisotopic (exact) mass is 337 g/mol. The molecule has 0 aromatic heterocycles. The van der Waals surface area contributed by atoms with Crippen LogP contribution in [0.3, 0.4) is 0 Å². The zero-order valence-corrected chi connectivity index (χ0v) is 14.3. The molecule has 0 spiro atoms. The lowest BCUT2D eigenvalue weighted by atomic mass is 10.0. The van der Waals surface area contributed by atoms with E-state index < -0.39 is 0 Å². The predicted molar refractivity (Wildman–Crippen MR) is 96.5 cm³/mol. The van der Waals surface area contributed by atoms with Crippen LogP contribution in [0.1, 0.15) is 30.4 Å². The summed E-state index contributed by atoms with van der Waals surface area (Å²) in [5.74, 6) is 1.07. The molecule has 1 saturated heterocycles. The van der Waals surface area contributed by atoms with Gasteiger partial charge in [-0.05, 0) is 47.2 Å². The first-order valence-electron chi connectivity index (χ1n) is 9.01. The smallest absolute Gasteiger partial charge is 0.222 e. The van der Waals surface area contributed by atoms with Gasteiger partial charge in [0.25, 0.3) is 0 Å². The lowest BCUT2D eigenvalue weighted by Crippen LogP contribution is -2.26. The predicted octanol–water partition coefficient (Wildman–Crippen LogP) is 3.47. The fourth-order valence-corrected chi connectivity index (χ4v) is 3.47. The van der Waals surface area contributed by atoms with Gasteiger partial charge in [0, 0.05) is 19.6 Å². The number of hydrogen-bond donors (Lipinski definition) is 1. The minimum Gasteiger partial charge on any atom is -0.493 e. The van der Waals surface area contributed by atoms with E-state index in [-0.39, 0.29) is 12.0 Å². The molecule has 2 heterocycles. The van der Waals surface area contributed by atoms with E-state index in [4.69, 9.17) is 9.47 Å². The molecule has 4 nitrogen and oxygen atoms in total. The maximum atomic E-state index is 12.0. The minimum atomic E-state index is 0.0644. The van der Waals surface area contributed by atoms with Crippen molar-refractivity contribution < 1.29 is 14.3 Å². The van der Waals surface area contributed by atoms with Crippen LogP contribution < -0.4 is 10.1 Å². The zero-order chi connectivity index (χ0) is 17.1. The molecule has 0 aliphatic carbocycles. The molecule has 2 aromatic rings. The van der Waals surface area contributed by atoms with Crippen LogP contribution in [0.5, 0.6) is 5.75 Å². The molecule has 1 atom stereocenters. The molecule has 1 amide bonds. The quantitative estimate of drug-likeness (QED) is 0.909. The average molecular weight is 337 g/mol. The van der Waals surface area contributed by atoms with Gasteiger partial charge in [0.1, 0.15) is 5.75 Å². The number of ether oxygens (including phenoxy) is 2. The Bertz CT molecular complexity index is 748. The maximum Gasteiger partial charge on any atom is 0.222 e. The van der Waals surface area contributed by atoms with Gasteiger partial charge in [-0.1, -0.05) is 30.3 Å². The van der Waals surface area contributed by atoms with Gasteiger partial charge in [0.15, 0.2) is 0 Å². The first-order chi connectivity index (χ1) is 12.3. The Morgan fingerprint density at radius 3 is 2.72 bits per heavy atom. The summed E-state index contributed by atoms with van der Waals surface area (Å²) >= 11 is 0. The second kappa shape index (κ2) is 7.28. The SMILES string of the molecule is O=C(CC1CCCO1)NCc1ccc(-c2ccc3c(c2)CCO3)cc1. The zero-order valence-electron chi connectivity index (χ0n) is 14.3. The van der Waals surface area contributed by atoms with Crippen LogP contribution in [0, 0.1) is 0 Å². The third kappa shape index (κ3) is 3.85. The van der Waals surface area contributed by atoms with E-state index in [9.17, 15) is 4.79 Å². The van der Waals surface area contributed by atoms with Crippen LogP contribution in [0.25, 0.3) is 11.1 Å². The highest BCUT2D eigenvalue weighted by molar-refractivity contribution is 5.76. The van der Waals surface area contributed by atoms with Crippen LogP contribution in [-0.2, 0) is 22.5 Å². The normalized spacial score (nSPS) is 18.6. The summed E-state index contributed by atoms with van der Waals surface area (Å²) in [6.07, 6.45) is 3.61. The van der Waals surface area contributed by atoms with Crippen LogP contribution in [0.15, 0.2) is 42.5 Å². The molecule has 2 aliphatic rings. The number of rotatable bonds is 5. The second-order valence-corrected chi connectivity index (χ2v) is 6.73. The first kappa shape index (κ1) is 16.2. The van der Waals surface area contributed by atoms with Gasteiger partial charge in [-0.15, -0.1) is 0 Å². The highest BCUT2D eigenvalue weighted by atomic mass is 16.5. The third-order valence-corrected chi connectivity index (χ3v) is 4.90. The van der Waals surface area contributed by atoms with E-state index in [2.05, 4.69) is 47.8 Å². The van der Waals surface area contributed by atoms with Crippen molar-refractivity contribution in [3.8, 4) is 16.9 Å². The van der Waals surface area contributed by atoms with Crippen molar-refractivity contribution >= 4 is 5.91 Å². The number of hydrogen-bond acceptors (Lipinski definition) is 3. The van der Waals surface area contributed by atoms with E-state index in [0.717, 1.165) is 43.8 Å². The van der Waals surface area contributed by atoms with Crippen LogP contribution in [0.4, 0.5) is 0 Å². The number of fused-ring (bicyclic) bond motifs is 1. The van der Waals surface area contributed by atoms with E-state index in [1.807, 2.05) is 0 Å². The minimum absolute atomic E-state index is 0.0644. The number of nitrogens with one attached hydrogen (secondary N) is 1. The molecule has 4 heteroatoms. The van der Waals surface area contributed by atoms with Gasteiger partial charge in [-0.3, -0.25) is 4.79 Å². The molecule has 1 N–H and O–H groups in total. The summed E-state index contributed by atoms with van der Waals surface area (Å²) in [5.41, 5.74) is 4.78. The average Bonchev–Trinajstić information content (AvgIpc) is 3.31. The van der Waals surface area contributed by atoms with E-state index in [0.29, 0.717) is 13.0 Å². The summed E-state index contributed by atoms with van der Waals surface area (Å²) in [5, 5.41) is 2.98. The van der Waals surface area contributed by atoms with Crippen molar-refractivity contribution in [2.45, 2.75) is 38.3 Å². The van der Waals surface area contributed by atoms with E-state index >= 15 is 0 Å². The van der Waals surface area contributed by atoms with Crippen LogP contribution in [-0.4, -0.2) is 25.2 Å². The van der Waals surface area contributed by atoms with Gasteiger partial charge < -0.3 is 14.8 Å². The molecule has 4 rings (SSSR count). The van der Waals surface area contributed by atoms with Crippen molar-refractivity contribution in [1.82, 2.24) is 5.32 Å². The fraction of sp³-hybridized carbons (Fsp3) is 0.381. The Morgan fingerprint density at radius 2 is 1.92 bits per heavy atom. The molecular formula is C21H23NO3. The second-order valence-electron chi connectivity index (χ2n) is 6.73. The summed E-state index contributed by atoms with van der Waals surface area (Å²) in [4.78, 5) is 12.0. The topological polar surface area (TPSA) is 47.6 Å². The summed E-state index contributed by atoms with van der Waals surface area (Å²) in [7, 11) is 0. The molecule has 130 valence electrons. The van der Waals surface area contributed by atoms with Crippen LogP contribution >= 0.6 is 0 Å². The van der Waals surface area contributed by atoms with Crippen molar-refractivity contribution in [3.63, 3.8) is 0 Å². The van der Waals surface area contributed by atoms with Gasteiger partial charge >= 0.3 is 0 Å². The highest BCUT2D eigenvalue weighted by Gasteiger charge is 2.18. The Labute approximate surface area is 148 Å². The molecule has 0 saturated carbocycles. The van der Waals surface area contributed by atoms with E-state index in [1.54, 1.807) is 0 Å². The Hall–Kier alpha value is -2.33. The van der Waals surface area contributed by atoms with Gasteiger partial charge in [-0.2, -0.15) is 0 Å². The number of carbonyl (C=O) groups excluding carboxylic acids is 1. The molecule has 2 aliphatic heterocycles. The summed E-state index contributed by atoms with van der Waals surface area (Å²) < 4.78 is 11.1. The molecule has 0 bridgehead atoms. The molecule has 2 aromatic carbocycles. The first-order valence-corrected chi connectivity index (χ1v) is 9.01. The summed E-state index contributed by atoms with van der Waals surface area (Å²) in [6, 6.07) is 14.7. The van der Waals surface area contributed by atoms with Crippen molar-refractivity contribution in [1.29, 1.82) is 0 Å². The third-order valence-electron chi connectivity index (χ3n) is 4.90. The molecule has 25 heavy (non-hydrogen) atoms. The Balaban J connectivity index is 1.34. The fourth-order valence-electron chi connectivity index (χ4n) is 3.47. The molecule has 1 fully saturated rings. The van der Waals surface area contributed by atoms with Crippen molar-refractivity contribution in [2.24, 2.45) is 0 Å². The largest absolute Gasteiger partial charge is 0.493 e. The highest BCUT2D eigenvalue weighted by Crippen LogP contribution is 2.30. The van der Waals surface area contributed by atoms with E-state index in [1.165, 1.54) is 16.7 Å². The summed E-state index contributed by atoms with van der Waals surface area (Å²) in [6.45, 7) is 2.13.